The lowest BCUT2D eigenvalue weighted by Crippen LogP contribution is -2.58. The van der Waals surface area contributed by atoms with Crippen molar-refractivity contribution in [2.24, 2.45) is 5.92 Å². The van der Waals surface area contributed by atoms with Crippen LogP contribution in [0.3, 0.4) is 0 Å². The van der Waals surface area contributed by atoms with Gasteiger partial charge in [-0.2, -0.15) is 4.68 Å². The van der Waals surface area contributed by atoms with Crippen LogP contribution in [0.2, 0.25) is 0 Å². The van der Waals surface area contributed by atoms with Crippen LogP contribution in [-0.4, -0.2) is 55.7 Å². The van der Waals surface area contributed by atoms with E-state index in [-0.39, 0.29) is 11.9 Å². The van der Waals surface area contributed by atoms with Gasteiger partial charge in [0.25, 0.3) is 0 Å². The summed E-state index contributed by atoms with van der Waals surface area (Å²) in [6, 6.07) is 5.79. The van der Waals surface area contributed by atoms with Crippen molar-refractivity contribution >= 4 is 5.91 Å². The number of carbonyl (C=O) groups excluding carboxylic acids is 1. The zero-order valence-corrected chi connectivity index (χ0v) is 16.0. The number of hydrogen-bond acceptors (Lipinski definition) is 5. The summed E-state index contributed by atoms with van der Waals surface area (Å²) in [6.45, 7) is 10.1. The highest BCUT2D eigenvalue weighted by Gasteiger charge is 2.33. The number of carbonyl (C=O) groups is 1. The number of amides is 1. The maximum atomic E-state index is 12.5. The minimum atomic E-state index is -0.234. The van der Waals surface area contributed by atoms with Gasteiger partial charge in [-0.15, -0.1) is 5.10 Å². The number of aromatic nitrogens is 4. The van der Waals surface area contributed by atoms with E-state index in [2.05, 4.69) is 48.0 Å². The topological polar surface area (TPSA) is 75.9 Å². The monoisotopic (exact) mass is 356 g/mol. The van der Waals surface area contributed by atoms with Crippen LogP contribution in [0.25, 0.3) is 5.82 Å². The van der Waals surface area contributed by atoms with Crippen molar-refractivity contribution in [3.8, 4) is 5.82 Å². The second-order valence-electron chi connectivity index (χ2n) is 7.48. The Morgan fingerprint density at radius 2 is 2.08 bits per heavy atom. The normalized spacial score (nSPS) is 18.5. The van der Waals surface area contributed by atoms with Crippen LogP contribution >= 0.6 is 0 Å². The van der Waals surface area contributed by atoms with Crippen molar-refractivity contribution < 1.29 is 4.79 Å². The smallest absolute Gasteiger partial charge is 0.237 e. The Morgan fingerprint density at radius 3 is 2.73 bits per heavy atom. The van der Waals surface area contributed by atoms with E-state index < -0.39 is 0 Å². The number of nitrogens with one attached hydrogen (secondary N) is 1. The Bertz CT molecular complexity index is 740. The summed E-state index contributed by atoms with van der Waals surface area (Å²) in [5, 5.41) is 7.66. The molecule has 1 atom stereocenters. The highest BCUT2D eigenvalue weighted by atomic mass is 16.2. The Labute approximate surface area is 154 Å². The van der Waals surface area contributed by atoms with E-state index in [4.69, 9.17) is 4.98 Å². The highest BCUT2D eigenvalue weighted by molar-refractivity contribution is 5.82. The summed E-state index contributed by atoms with van der Waals surface area (Å²) in [5.74, 6) is 2.84. The average Bonchev–Trinajstić information content (AvgIpc) is 2.99. The Kier molecular flexibility index (Phi) is 5.66. The molecule has 0 aromatic carbocycles. The van der Waals surface area contributed by atoms with Crippen molar-refractivity contribution in [3.63, 3.8) is 0 Å². The van der Waals surface area contributed by atoms with Gasteiger partial charge in [0.2, 0.25) is 5.91 Å². The van der Waals surface area contributed by atoms with E-state index in [9.17, 15) is 4.79 Å². The molecule has 140 valence electrons. The van der Waals surface area contributed by atoms with Crippen molar-refractivity contribution in [2.45, 2.75) is 52.6 Å². The summed E-state index contributed by atoms with van der Waals surface area (Å²) in [4.78, 5) is 23.9. The third-order valence-electron chi connectivity index (χ3n) is 4.59. The molecule has 0 aliphatic carbocycles. The number of rotatable bonds is 6. The summed E-state index contributed by atoms with van der Waals surface area (Å²) < 4.78 is 1.79. The fourth-order valence-electron chi connectivity index (χ4n) is 3.37. The molecular weight excluding hydrogens is 328 g/mol. The number of hydrogen-bond donors (Lipinski definition) is 1. The Balaban J connectivity index is 1.94. The van der Waals surface area contributed by atoms with Gasteiger partial charge in [-0.3, -0.25) is 9.69 Å². The lowest BCUT2D eigenvalue weighted by Gasteiger charge is -2.37. The third kappa shape index (κ3) is 4.09. The van der Waals surface area contributed by atoms with Crippen molar-refractivity contribution in [3.05, 3.63) is 36.0 Å². The molecule has 1 aliphatic heterocycles. The average molecular weight is 356 g/mol. The molecule has 0 bridgehead atoms. The van der Waals surface area contributed by atoms with Gasteiger partial charge in [0.1, 0.15) is 5.82 Å². The highest BCUT2D eigenvalue weighted by Crippen LogP contribution is 2.17. The van der Waals surface area contributed by atoms with Gasteiger partial charge in [-0.05, 0) is 31.9 Å². The van der Waals surface area contributed by atoms with Gasteiger partial charge in [0, 0.05) is 38.2 Å². The molecule has 3 rings (SSSR count). The van der Waals surface area contributed by atoms with Crippen LogP contribution in [0.4, 0.5) is 0 Å². The van der Waals surface area contributed by atoms with E-state index in [1.54, 1.807) is 10.9 Å². The van der Waals surface area contributed by atoms with E-state index in [1.807, 2.05) is 18.2 Å². The first-order valence-electron chi connectivity index (χ1n) is 9.35. The molecule has 3 heterocycles. The molecule has 1 amide bonds. The standard InChI is InChI=1S/C19H28N6O/c1-13(2)11-16-22-18(25(23-16)17-7-5-6-8-20-17)12-15-19(26)21-9-10-24(15)14(3)4/h5-8,13-15H,9-12H2,1-4H3,(H,21,26)/t15-/m0/s1. The van der Waals surface area contributed by atoms with Crippen molar-refractivity contribution in [1.82, 2.24) is 30.0 Å². The number of pyridine rings is 1. The molecule has 1 N–H and O–H groups in total. The van der Waals surface area contributed by atoms with E-state index in [0.717, 1.165) is 30.4 Å². The van der Waals surface area contributed by atoms with Gasteiger partial charge in [-0.1, -0.05) is 19.9 Å². The van der Waals surface area contributed by atoms with Crippen molar-refractivity contribution in [2.75, 3.05) is 13.1 Å². The predicted molar refractivity (Wildman–Crippen MR) is 100 cm³/mol. The molecule has 7 nitrogen and oxygen atoms in total. The molecule has 2 aromatic rings. The second-order valence-corrected chi connectivity index (χ2v) is 7.48. The molecule has 0 unspecified atom stereocenters. The molecular formula is C19H28N6O. The van der Waals surface area contributed by atoms with Crippen LogP contribution in [0.1, 0.15) is 39.3 Å². The first-order valence-corrected chi connectivity index (χ1v) is 9.35. The number of piperazine rings is 1. The summed E-state index contributed by atoms with van der Waals surface area (Å²) in [5.41, 5.74) is 0. The fourth-order valence-corrected chi connectivity index (χ4v) is 3.37. The lowest BCUT2D eigenvalue weighted by molar-refractivity contribution is -0.130. The number of nitrogens with zero attached hydrogens (tertiary/aromatic N) is 5. The Morgan fingerprint density at radius 1 is 1.27 bits per heavy atom. The quantitative estimate of drug-likeness (QED) is 0.851. The molecule has 2 aromatic heterocycles. The fraction of sp³-hybridized carbons (Fsp3) is 0.579. The maximum Gasteiger partial charge on any atom is 0.237 e. The van der Waals surface area contributed by atoms with Crippen LogP contribution in [0, 0.1) is 5.92 Å². The predicted octanol–water partition coefficient (Wildman–Crippen LogP) is 1.61. The van der Waals surface area contributed by atoms with Gasteiger partial charge in [0.05, 0.1) is 6.04 Å². The summed E-state index contributed by atoms with van der Waals surface area (Å²) in [6.07, 6.45) is 3.07. The van der Waals surface area contributed by atoms with E-state index >= 15 is 0 Å². The summed E-state index contributed by atoms with van der Waals surface area (Å²) in [7, 11) is 0. The molecule has 1 saturated heterocycles. The molecule has 1 fully saturated rings. The van der Waals surface area contributed by atoms with Crippen LogP contribution in [0.15, 0.2) is 24.4 Å². The summed E-state index contributed by atoms with van der Waals surface area (Å²) >= 11 is 0. The first-order chi connectivity index (χ1) is 12.5. The molecule has 0 radical (unpaired) electrons. The van der Waals surface area contributed by atoms with E-state index in [1.165, 1.54) is 0 Å². The minimum absolute atomic E-state index is 0.0610. The van der Waals surface area contributed by atoms with Crippen LogP contribution < -0.4 is 5.32 Å². The maximum absolute atomic E-state index is 12.5. The second kappa shape index (κ2) is 7.95. The van der Waals surface area contributed by atoms with Crippen molar-refractivity contribution in [1.29, 1.82) is 0 Å². The van der Waals surface area contributed by atoms with Gasteiger partial charge < -0.3 is 5.32 Å². The molecule has 26 heavy (non-hydrogen) atoms. The van der Waals surface area contributed by atoms with Crippen LogP contribution in [0.5, 0.6) is 0 Å². The zero-order chi connectivity index (χ0) is 18.7. The Hall–Kier alpha value is -2.28. The molecule has 0 spiro atoms. The SMILES string of the molecule is CC(C)Cc1nc(C[C@H]2C(=O)NCCN2C(C)C)n(-c2ccccn2)n1. The molecule has 7 heteroatoms. The lowest BCUT2D eigenvalue weighted by atomic mass is 10.1. The third-order valence-corrected chi connectivity index (χ3v) is 4.59. The van der Waals surface area contributed by atoms with Gasteiger partial charge >= 0.3 is 0 Å². The molecule has 1 aliphatic rings. The largest absolute Gasteiger partial charge is 0.353 e. The zero-order valence-electron chi connectivity index (χ0n) is 16.0. The molecule has 0 saturated carbocycles. The minimum Gasteiger partial charge on any atom is -0.353 e. The van der Waals surface area contributed by atoms with Crippen LogP contribution in [-0.2, 0) is 17.6 Å². The first kappa shape index (κ1) is 18.5. The van der Waals surface area contributed by atoms with Gasteiger partial charge in [0.15, 0.2) is 11.6 Å². The van der Waals surface area contributed by atoms with Gasteiger partial charge in [-0.25, -0.2) is 9.97 Å². The van der Waals surface area contributed by atoms with E-state index in [0.29, 0.717) is 24.9 Å².